The quantitative estimate of drug-likeness (QED) is 0.447. The van der Waals surface area contributed by atoms with Gasteiger partial charge in [0.2, 0.25) is 0 Å². The zero-order valence-corrected chi connectivity index (χ0v) is 19.1. The van der Waals surface area contributed by atoms with Crippen molar-refractivity contribution < 1.29 is 14.0 Å². The maximum absolute atomic E-state index is 13.5. The second-order valence-corrected chi connectivity index (χ2v) is 9.50. The number of amides is 2. The van der Waals surface area contributed by atoms with Crippen molar-refractivity contribution in [3.8, 4) is 0 Å². The van der Waals surface area contributed by atoms with Crippen LogP contribution in [-0.2, 0) is 6.42 Å². The fraction of sp³-hybridized carbons (Fsp3) is 0.308. The van der Waals surface area contributed by atoms with E-state index >= 15 is 0 Å². The number of likely N-dealkylation sites (tertiary alicyclic amines) is 1. The Morgan fingerprint density at radius 3 is 2.84 bits per heavy atom. The number of hydrogen-bond donors (Lipinski definition) is 1. The lowest BCUT2D eigenvalue weighted by Gasteiger charge is -2.36. The van der Waals surface area contributed by atoms with Crippen LogP contribution in [0, 0.1) is 6.92 Å². The summed E-state index contributed by atoms with van der Waals surface area (Å²) in [5.74, 6) is 0.832. The molecule has 2 aromatic carbocycles. The molecular weight excluding hydrogens is 420 g/mol. The highest BCUT2D eigenvalue weighted by molar-refractivity contribution is 7.21. The van der Waals surface area contributed by atoms with Gasteiger partial charge in [-0.25, -0.2) is 0 Å². The molecule has 2 aromatic heterocycles. The first kappa shape index (κ1) is 20.8. The molecule has 5 nitrogen and oxygen atoms in total. The molecule has 0 unspecified atom stereocenters. The zero-order chi connectivity index (χ0) is 22.2. The summed E-state index contributed by atoms with van der Waals surface area (Å²) < 4.78 is 6.77. The highest BCUT2D eigenvalue weighted by atomic mass is 32.1. The Bertz CT molecular complexity index is 1320. The van der Waals surface area contributed by atoms with Crippen LogP contribution >= 0.6 is 11.3 Å². The Hall–Kier alpha value is -3.12. The van der Waals surface area contributed by atoms with E-state index in [9.17, 15) is 9.59 Å². The van der Waals surface area contributed by atoms with Crippen LogP contribution in [0.3, 0.4) is 0 Å². The van der Waals surface area contributed by atoms with E-state index in [2.05, 4.69) is 17.4 Å². The van der Waals surface area contributed by atoms with Gasteiger partial charge in [0, 0.05) is 35.3 Å². The molecule has 164 valence electrons. The Balaban J connectivity index is 1.48. The first-order valence-electron chi connectivity index (χ1n) is 11.1. The standard InChI is InChI=1S/C26H26N2O3S/c1-16-13-18-14-17(10-11-22(18)31-16)26(30)28-12-6-5-7-19(28)15-21-20-8-3-4-9-23(20)32-24(21)25(29)27-2/h3-4,8-11,13-14,19H,5-7,12,15H2,1-2H3,(H,27,29)/t19-/m0/s1. The van der Waals surface area contributed by atoms with Crippen LogP contribution in [0.15, 0.2) is 52.9 Å². The van der Waals surface area contributed by atoms with Crippen molar-refractivity contribution in [3.05, 3.63) is 70.3 Å². The molecule has 6 heteroatoms. The van der Waals surface area contributed by atoms with Crippen molar-refractivity contribution in [3.63, 3.8) is 0 Å². The van der Waals surface area contributed by atoms with Gasteiger partial charge in [-0.15, -0.1) is 11.3 Å². The summed E-state index contributed by atoms with van der Waals surface area (Å²) in [5, 5.41) is 4.85. The maximum atomic E-state index is 13.5. The summed E-state index contributed by atoms with van der Waals surface area (Å²) in [6, 6.07) is 15.8. The predicted molar refractivity (Wildman–Crippen MR) is 129 cm³/mol. The van der Waals surface area contributed by atoms with Gasteiger partial charge in [0.15, 0.2) is 0 Å². The van der Waals surface area contributed by atoms with Gasteiger partial charge in [0.1, 0.15) is 11.3 Å². The Labute approximate surface area is 191 Å². The Morgan fingerprint density at radius 2 is 2.00 bits per heavy atom. The molecule has 1 N–H and O–H groups in total. The van der Waals surface area contributed by atoms with Gasteiger partial charge in [0.05, 0.1) is 4.88 Å². The van der Waals surface area contributed by atoms with E-state index in [-0.39, 0.29) is 17.9 Å². The normalized spacial score (nSPS) is 16.6. The van der Waals surface area contributed by atoms with Crippen LogP contribution in [0.1, 0.15) is 50.6 Å². The molecule has 4 aromatic rings. The molecule has 1 saturated heterocycles. The van der Waals surface area contributed by atoms with E-state index in [1.54, 1.807) is 7.05 Å². The molecule has 0 radical (unpaired) electrons. The zero-order valence-electron chi connectivity index (χ0n) is 18.3. The van der Waals surface area contributed by atoms with Crippen LogP contribution < -0.4 is 5.32 Å². The fourth-order valence-corrected chi connectivity index (χ4v) is 5.97. The smallest absolute Gasteiger partial charge is 0.261 e. The Morgan fingerprint density at radius 1 is 1.16 bits per heavy atom. The third-order valence-electron chi connectivity index (χ3n) is 6.35. The van der Waals surface area contributed by atoms with E-state index < -0.39 is 0 Å². The topological polar surface area (TPSA) is 62.6 Å². The summed E-state index contributed by atoms with van der Waals surface area (Å²) >= 11 is 1.53. The van der Waals surface area contributed by atoms with Gasteiger partial charge in [0.25, 0.3) is 11.8 Å². The first-order valence-corrected chi connectivity index (χ1v) is 11.9. The number of aryl methyl sites for hydroxylation is 1. The fourth-order valence-electron chi connectivity index (χ4n) is 4.79. The molecule has 0 spiro atoms. The summed E-state index contributed by atoms with van der Waals surface area (Å²) in [7, 11) is 1.67. The van der Waals surface area contributed by atoms with E-state index in [4.69, 9.17) is 4.42 Å². The van der Waals surface area contributed by atoms with Crippen LogP contribution in [-0.4, -0.2) is 36.3 Å². The minimum atomic E-state index is -0.0596. The highest BCUT2D eigenvalue weighted by Crippen LogP contribution is 2.34. The molecule has 0 bridgehead atoms. The van der Waals surface area contributed by atoms with Gasteiger partial charge in [-0.2, -0.15) is 0 Å². The minimum absolute atomic E-state index is 0.0523. The molecule has 32 heavy (non-hydrogen) atoms. The lowest BCUT2D eigenvalue weighted by atomic mass is 9.93. The number of carbonyl (C=O) groups excluding carboxylic acids is 2. The van der Waals surface area contributed by atoms with Crippen molar-refractivity contribution >= 4 is 44.2 Å². The van der Waals surface area contributed by atoms with Crippen molar-refractivity contribution in [2.75, 3.05) is 13.6 Å². The van der Waals surface area contributed by atoms with Crippen molar-refractivity contribution in [2.45, 2.75) is 38.6 Å². The molecule has 1 fully saturated rings. The van der Waals surface area contributed by atoms with E-state index in [1.807, 2.05) is 48.2 Å². The second-order valence-electron chi connectivity index (χ2n) is 8.45. The molecule has 3 heterocycles. The van der Waals surface area contributed by atoms with Crippen molar-refractivity contribution in [2.24, 2.45) is 0 Å². The third kappa shape index (κ3) is 3.69. The number of nitrogens with zero attached hydrogens (tertiary/aromatic N) is 1. The SMILES string of the molecule is CNC(=O)c1sc2ccccc2c1C[C@@H]1CCCCN1C(=O)c1ccc2oc(C)cc2c1. The molecule has 5 rings (SSSR count). The number of fused-ring (bicyclic) bond motifs is 2. The minimum Gasteiger partial charge on any atom is -0.461 e. The van der Waals surface area contributed by atoms with Crippen LogP contribution in [0.4, 0.5) is 0 Å². The monoisotopic (exact) mass is 446 g/mol. The molecule has 2 amide bonds. The van der Waals surface area contributed by atoms with Gasteiger partial charge >= 0.3 is 0 Å². The molecule has 1 aliphatic rings. The number of hydrogen-bond acceptors (Lipinski definition) is 4. The number of furan rings is 1. The average molecular weight is 447 g/mol. The van der Waals surface area contributed by atoms with Crippen molar-refractivity contribution in [1.29, 1.82) is 0 Å². The molecular formula is C26H26N2O3S. The predicted octanol–water partition coefficient (Wildman–Crippen LogP) is 5.55. The first-order chi connectivity index (χ1) is 15.5. The largest absolute Gasteiger partial charge is 0.461 e. The average Bonchev–Trinajstić information content (AvgIpc) is 3.37. The summed E-state index contributed by atoms with van der Waals surface area (Å²) in [6.07, 6.45) is 3.72. The maximum Gasteiger partial charge on any atom is 0.261 e. The number of benzene rings is 2. The number of nitrogens with one attached hydrogen (secondary N) is 1. The van der Waals surface area contributed by atoms with Crippen molar-refractivity contribution in [1.82, 2.24) is 10.2 Å². The lowest BCUT2D eigenvalue weighted by Crippen LogP contribution is -2.45. The Kier molecular flexibility index (Phi) is 5.47. The van der Waals surface area contributed by atoms with Gasteiger partial charge in [-0.1, -0.05) is 18.2 Å². The summed E-state index contributed by atoms with van der Waals surface area (Å²) in [4.78, 5) is 28.9. The molecule has 1 atom stereocenters. The van der Waals surface area contributed by atoms with E-state index in [1.165, 1.54) is 11.3 Å². The number of piperidine rings is 1. The van der Waals surface area contributed by atoms with Gasteiger partial charge in [-0.3, -0.25) is 9.59 Å². The van der Waals surface area contributed by atoms with Crippen LogP contribution in [0.5, 0.6) is 0 Å². The highest BCUT2D eigenvalue weighted by Gasteiger charge is 2.30. The van der Waals surface area contributed by atoms with E-state index in [0.717, 1.165) is 63.1 Å². The van der Waals surface area contributed by atoms with E-state index in [0.29, 0.717) is 12.0 Å². The molecule has 0 aliphatic carbocycles. The summed E-state index contributed by atoms with van der Waals surface area (Å²) in [5.41, 5.74) is 2.54. The number of rotatable bonds is 4. The lowest BCUT2D eigenvalue weighted by molar-refractivity contribution is 0.0614. The van der Waals surface area contributed by atoms with Gasteiger partial charge in [-0.05, 0) is 73.9 Å². The summed E-state index contributed by atoms with van der Waals surface area (Å²) in [6.45, 7) is 2.65. The molecule has 1 aliphatic heterocycles. The second kappa shape index (κ2) is 8.43. The number of thiophene rings is 1. The van der Waals surface area contributed by atoms with Gasteiger partial charge < -0.3 is 14.6 Å². The molecule has 0 saturated carbocycles. The number of carbonyl (C=O) groups is 2. The van der Waals surface area contributed by atoms with Crippen LogP contribution in [0.2, 0.25) is 0 Å². The van der Waals surface area contributed by atoms with Crippen LogP contribution in [0.25, 0.3) is 21.1 Å². The third-order valence-corrected chi connectivity index (χ3v) is 7.56.